The molecule has 0 amide bonds. The summed E-state index contributed by atoms with van der Waals surface area (Å²) in [7, 11) is 0. The predicted octanol–water partition coefficient (Wildman–Crippen LogP) is 6.05. The molecule has 0 saturated carbocycles. The third kappa shape index (κ3) is 15.9. The average molecular weight is 269 g/mol. The van der Waals surface area contributed by atoms with Gasteiger partial charge in [-0.1, -0.05) is 90.9 Å². The van der Waals surface area contributed by atoms with Gasteiger partial charge in [0.25, 0.3) is 0 Å². The molecular weight excluding hydrogens is 232 g/mol. The molecule has 115 valence electrons. The lowest BCUT2D eigenvalue weighted by molar-refractivity contribution is 0.197. The van der Waals surface area contributed by atoms with Crippen molar-refractivity contribution in [3.05, 3.63) is 6.42 Å². The molecule has 0 rings (SSSR count). The summed E-state index contributed by atoms with van der Waals surface area (Å²) in [6.07, 6.45) is 20.6. The summed E-state index contributed by atoms with van der Waals surface area (Å²) in [6, 6.07) is 0. The molecule has 1 heteroatoms. The fourth-order valence-corrected chi connectivity index (χ4v) is 2.46. The summed E-state index contributed by atoms with van der Waals surface area (Å²) in [5.74, 6) is 0. The van der Waals surface area contributed by atoms with Gasteiger partial charge in [0.1, 0.15) is 0 Å². The lowest BCUT2D eigenvalue weighted by atomic mass is 10.0. The molecular formula is C18H37O. The van der Waals surface area contributed by atoms with Crippen molar-refractivity contribution in [2.75, 3.05) is 0 Å². The summed E-state index contributed by atoms with van der Waals surface area (Å²) >= 11 is 0. The lowest BCUT2D eigenvalue weighted by Crippen LogP contribution is -2.04. The van der Waals surface area contributed by atoms with Gasteiger partial charge in [-0.05, 0) is 19.3 Å². The van der Waals surface area contributed by atoms with Crippen LogP contribution in [0.5, 0.6) is 0 Å². The number of hydrogen-bond donors (Lipinski definition) is 1. The van der Waals surface area contributed by atoms with Crippen LogP contribution in [0.25, 0.3) is 0 Å². The van der Waals surface area contributed by atoms with Crippen LogP contribution >= 0.6 is 0 Å². The molecule has 1 nitrogen and oxygen atoms in total. The number of hydrogen-bond acceptors (Lipinski definition) is 1. The topological polar surface area (TPSA) is 20.2 Å². The largest absolute Gasteiger partial charge is 0.393 e. The first kappa shape index (κ1) is 19.0. The maximum atomic E-state index is 9.38. The average Bonchev–Trinajstić information content (AvgIpc) is 2.43. The van der Waals surface area contributed by atoms with Gasteiger partial charge < -0.3 is 5.11 Å². The minimum atomic E-state index is -0.173. The number of aliphatic hydroxyl groups is 1. The molecule has 1 radical (unpaired) electrons. The molecule has 19 heavy (non-hydrogen) atoms. The van der Waals surface area contributed by atoms with E-state index in [1.807, 2.05) is 6.92 Å². The van der Waals surface area contributed by atoms with Gasteiger partial charge in [0, 0.05) is 0 Å². The summed E-state index contributed by atoms with van der Waals surface area (Å²) < 4.78 is 0. The van der Waals surface area contributed by atoms with Crippen LogP contribution < -0.4 is 0 Å². The highest BCUT2D eigenvalue weighted by Crippen LogP contribution is 2.13. The van der Waals surface area contributed by atoms with Crippen molar-refractivity contribution in [3.8, 4) is 0 Å². The summed E-state index contributed by atoms with van der Waals surface area (Å²) in [4.78, 5) is 0. The van der Waals surface area contributed by atoms with Crippen molar-refractivity contribution < 1.29 is 5.11 Å². The lowest BCUT2D eigenvalue weighted by Gasteiger charge is -2.06. The number of unbranched alkanes of at least 4 members (excludes halogenated alkanes) is 12. The summed E-state index contributed by atoms with van der Waals surface area (Å²) in [6.45, 7) is 4.31. The van der Waals surface area contributed by atoms with Crippen molar-refractivity contribution >= 4 is 0 Å². The molecule has 0 fully saturated rings. The Kier molecular flexibility index (Phi) is 16.0. The van der Waals surface area contributed by atoms with Gasteiger partial charge in [-0.25, -0.2) is 0 Å². The minimum Gasteiger partial charge on any atom is -0.393 e. The summed E-state index contributed by atoms with van der Waals surface area (Å²) in [5.41, 5.74) is 0. The van der Waals surface area contributed by atoms with Gasteiger partial charge in [0.15, 0.2) is 0 Å². The van der Waals surface area contributed by atoms with Gasteiger partial charge in [0.2, 0.25) is 0 Å². The van der Waals surface area contributed by atoms with Crippen LogP contribution in [-0.4, -0.2) is 11.2 Å². The van der Waals surface area contributed by atoms with Crippen LogP contribution in [-0.2, 0) is 0 Å². The third-order valence-corrected chi connectivity index (χ3v) is 3.91. The SMILES string of the molecule is CCCCCCCCCCCCCC[CH]C(O)CC. The van der Waals surface area contributed by atoms with E-state index in [1.54, 1.807) is 0 Å². The van der Waals surface area contributed by atoms with Crippen LogP contribution in [0.4, 0.5) is 0 Å². The molecule has 0 aromatic heterocycles. The fraction of sp³-hybridized carbons (Fsp3) is 0.944. The molecule has 0 saturated heterocycles. The van der Waals surface area contributed by atoms with Crippen LogP contribution in [0.1, 0.15) is 104 Å². The van der Waals surface area contributed by atoms with E-state index in [1.165, 1.54) is 77.0 Å². The highest BCUT2D eigenvalue weighted by Gasteiger charge is 1.99. The van der Waals surface area contributed by atoms with E-state index >= 15 is 0 Å². The second kappa shape index (κ2) is 16.0. The highest BCUT2D eigenvalue weighted by molar-refractivity contribution is 4.73. The van der Waals surface area contributed by atoms with E-state index in [2.05, 4.69) is 13.3 Å². The first-order chi connectivity index (χ1) is 9.31. The Bertz CT molecular complexity index is 156. The van der Waals surface area contributed by atoms with Crippen LogP contribution in [0.2, 0.25) is 0 Å². The van der Waals surface area contributed by atoms with Crippen molar-refractivity contribution in [2.24, 2.45) is 0 Å². The maximum Gasteiger partial charge on any atom is 0.0569 e. The smallest absolute Gasteiger partial charge is 0.0569 e. The monoisotopic (exact) mass is 269 g/mol. The van der Waals surface area contributed by atoms with Crippen LogP contribution in [0.15, 0.2) is 0 Å². The number of rotatable bonds is 15. The van der Waals surface area contributed by atoms with Gasteiger partial charge in [-0.2, -0.15) is 0 Å². The first-order valence-corrected chi connectivity index (χ1v) is 8.82. The zero-order valence-electron chi connectivity index (χ0n) is 13.5. The predicted molar refractivity (Wildman–Crippen MR) is 86.3 cm³/mol. The zero-order chi connectivity index (χ0) is 14.2. The Balaban J connectivity index is 2.95. The fourth-order valence-electron chi connectivity index (χ4n) is 2.46. The molecule has 0 spiro atoms. The minimum absolute atomic E-state index is 0.173. The molecule has 0 aromatic carbocycles. The zero-order valence-corrected chi connectivity index (χ0v) is 13.5. The Morgan fingerprint density at radius 3 is 1.53 bits per heavy atom. The first-order valence-electron chi connectivity index (χ1n) is 8.82. The quantitative estimate of drug-likeness (QED) is 0.359. The van der Waals surface area contributed by atoms with Crippen molar-refractivity contribution in [1.82, 2.24) is 0 Å². The van der Waals surface area contributed by atoms with Crippen molar-refractivity contribution in [2.45, 2.75) is 110 Å². The molecule has 0 aromatic rings. The molecule has 1 unspecified atom stereocenters. The second-order valence-electron chi connectivity index (χ2n) is 5.89. The van der Waals surface area contributed by atoms with Gasteiger partial charge in [-0.3, -0.25) is 0 Å². The maximum absolute atomic E-state index is 9.38. The third-order valence-electron chi connectivity index (χ3n) is 3.91. The Hall–Kier alpha value is -0.0400. The van der Waals surface area contributed by atoms with E-state index < -0.39 is 0 Å². The molecule has 1 atom stereocenters. The van der Waals surface area contributed by atoms with Gasteiger partial charge >= 0.3 is 0 Å². The Morgan fingerprint density at radius 2 is 1.11 bits per heavy atom. The van der Waals surface area contributed by atoms with Gasteiger partial charge in [-0.15, -0.1) is 0 Å². The van der Waals surface area contributed by atoms with E-state index in [4.69, 9.17) is 0 Å². The van der Waals surface area contributed by atoms with Gasteiger partial charge in [0.05, 0.1) is 6.10 Å². The molecule has 0 aliphatic heterocycles. The second-order valence-corrected chi connectivity index (χ2v) is 5.89. The Labute approximate surface area is 122 Å². The standard InChI is InChI=1S/C18H37O/c1-3-5-6-7-8-9-10-11-12-13-14-15-16-17-18(19)4-2/h17-19H,3-16H2,1-2H3. The molecule has 0 heterocycles. The van der Waals surface area contributed by atoms with Crippen molar-refractivity contribution in [1.29, 1.82) is 0 Å². The molecule has 0 aliphatic carbocycles. The van der Waals surface area contributed by atoms with E-state index in [0.29, 0.717) is 0 Å². The van der Waals surface area contributed by atoms with E-state index in [0.717, 1.165) is 12.8 Å². The Morgan fingerprint density at radius 1 is 0.684 bits per heavy atom. The van der Waals surface area contributed by atoms with Crippen LogP contribution in [0.3, 0.4) is 0 Å². The summed E-state index contributed by atoms with van der Waals surface area (Å²) in [5, 5.41) is 9.38. The highest BCUT2D eigenvalue weighted by atomic mass is 16.3. The molecule has 1 N–H and O–H groups in total. The number of aliphatic hydroxyl groups excluding tert-OH is 1. The van der Waals surface area contributed by atoms with Crippen LogP contribution in [0, 0.1) is 6.42 Å². The van der Waals surface area contributed by atoms with E-state index in [-0.39, 0.29) is 6.10 Å². The molecule has 0 bridgehead atoms. The van der Waals surface area contributed by atoms with Crippen molar-refractivity contribution in [3.63, 3.8) is 0 Å². The van der Waals surface area contributed by atoms with E-state index in [9.17, 15) is 5.11 Å². The molecule has 0 aliphatic rings. The normalized spacial score (nSPS) is 12.8.